The largest absolute Gasteiger partial charge is 0.463 e. The molecule has 1 fully saturated rings. The zero-order chi connectivity index (χ0) is 18.9. The highest BCUT2D eigenvalue weighted by Gasteiger charge is 2.20. The van der Waals surface area contributed by atoms with Crippen LogP contribution in [0.1, 0.15) is 31.0 Å². The van der Waals surface area contributed by atoms with Gasteiger partial charge in [-0.2, -0.15) is 0 Å². The fourth-order valence-electron chi connectivity index (χ4n) is 3.21. The number of nitrogens with one attached hydrogen (secondary N) is 1. The molecule has 1 atom stereocenters. The van der Waals surface area contributed by atoms with Gasteiger partial charge in [-0.3, -0.25) is 9.88 Å². The molecule has 0 amide bonds. The summed E-state index contributed by atoms with van der Waals surface area (Å²) in [5.74, 6) is 0.386. The Bertz CT molecular complexity index is 747. The number of hydrogen-bond donors (Lipinski definition) is 1. The zero-order valence-electron chi connectivity index (χ0n) is 15.7. The summed E-state index contributed by atoms with van der Waals surface area (Å²) in [6.07, 6.45) is 8.62. The van der Waals surface area contributed by atoms with Crippen LogP contribution in [0.15, 0.2) is 48.8 Å². The number of carbonyl (C=O) groups is 1. The predicted molar refractivity (Wildman–Crippen MR) is 106 cm³/mol. The first-order chi connectivity index (χ1) is 13.2. The predicted octanol–water partition coefficient (Wildman–Crippen LogP) is 3.13. The smallest absolute Gasteiger partial charge is 0.330 e. The molecule has 0 aliphatic carbocycles. The third-order valence-corrected chi connectivity index (χ3v) is 4.46. The molecule has 1 N–H and O–H groups in total. The third-order valence-electron chi connectivity index (χ3n) is 4.46. The number of piperidine rings is 1. The highest BCUT2D eigenvalue weighted by atomic mass is 16.5. The minimum absolute atomic E-state index is 0.359. The van der Waals surface area contributed by atoms with Crippen LogP contribution in [0.2, 0.25) is 0 Å². The lowest BCUT2D eigenvalue weighted by molar-refractivity contribution is -0.137. The van der Waals surface area contributed by atoms with Gasteiger partial charge < -0.3 is 10.1 Å². The molecule has 0 saturated carbocycles. The molecule has 27 heavy (non-hydrogen) atoms. The van der Waals surface area contributed by atoms with Crippen LogP contribution in [0.4, 0.5) is 5.82 Å². The maximum Gasteiger partial charge on any atom is 0.330 e. The minimum atomic E-state index is -0.373. The van der Waals surface area contributed by atoms with E-state index in [0.29, 0.717) is 18.3 Å². The second-order valence-corrected chi connectivity index (χ2v) is 6.62. The summed E-state index contributed by atoms with van der Waals surface area (Å²) >= 11 is 0. The lowest BCUT2D eigenvalue weighted by atomic mass is 10.0. The van der Waals surface area contributed by atoms with E-state index in [1.807, 2.05) is 6.07 Å². The van der Waals surface area contributed by atoms with Crippen LogP contribution in [0.3, 0.4) is 0 Å². The Balaban J connectivity index is 1.51. The first-order valence-corrected chi connectivity index (χ1v) is 9.42. The summed E-state index contributed by atoms with van der Waals surface area (Å²) in [6, 6.07) is 10.9. The van der Waals surface area contributed by atoms with Crippen LogP contribution in [0, 0.1) is 0 Å². The second-order valence-electron chi connectivity index (χ2n) is 6.62. The van der Waals surface area contributed by atoms with Gasteiger partial charge in [0.1, 0.15) is 5.82 Å². The fourth-order valence-corrected chi connectivity index (χ4v) is 3.21. The molecular formula is C21H26N4O2. The van der Waals surface area contributed by atoms with Crippen molar-refractivity contribution in [3.05, 3.63) is 60.1 Å². The lowest BCUT2D eigenvalue weighted by Gasteiger charge is -2.33. The summed E-state index contributed by atoms with van der Waals surface area (Å²) in [7, 11) is 0. The standard InChI is InChI=1S/C21H26N4O2/c1-2-27-21(26)11-10-18-13-23-20(14-22-18)24-19-9-6-12-25(16-19)15-17-7-4-3-5-8-17/h3-5,7-8,10-11,13-14,19H,2,6,9,12,15-16H2,1H3,(H,23,24)/t19-/m1/s1. The zero-order valence-corrected chi connectivity index (χ0v) is 15.7. The van der Waals surface area contributed by atoms with E-state index in [1.54, 1.807) is 25.4 Å². The van der Waals surface area contributed by atoms with Gasteiger partial charge in [-0.05, 0) is 37.9 Å². The molecule has 3 rings (SSSR count). The van der Waals surface area contributed by atoms with Crippen LogP contribution in [0.25, 0.3) is 6.08 Å². The Hall–Kier alpha value is -2.73. The van der Waals surface area contributed by atoms with Crippen molar-refractivity contribution in [3.63, 3.8) is 0 Å². The molecule has 1 aliphatic rings. The number of aromatic nitrogens is 2. The van der Waals surface area contributed by atoms with E-state index in [1.165, 1.54) is 11.6 Å². The van der Waals surface area contributed by atoms with E-state index < -0.39 is 0 Å². The SMILES string of the molecule is CCOC(=O)C=Cc1cnc(N[C@@H]2CCCN(Cc3ccccc3)C2)cn1. The maximum atomic E-state index is 11.3. The highest BCUT2D eigenvalue weighted by Crippen LogP contribution is 2.16. The van der Waals surface area contributed by atoms with E-state index in [0.717, 1.165) is 38.3 Å². The Morgan fingerprint density at radius 3 is 2.89 bits per heavy atom. The van der Waals surface area contributed by atoms with Crippen molar-refractivity contribution in [3.8, 4) is 0 Å². The monoisotopic (exact) mass is 366 g/mol. The molecule has 1 aliphatic heterocycles. The Morgan fingerprint density at radius 2 is 2.15 bits per heavy atom. The summed E-state index contributed by atoms with van der Waals surface area (Å²) < 4.78 is 4.85. The van der Waals surface area contributed by atoms with E-state index in [9.17, 15) is 4.79 Å². The van der Waals surface area contributed by atoms with E-state index >= 15 is 0 Å². The first kappa shape index (κ1) is 19.0. The lowest BCUT2D eigenvalue weighted by Crippen LogP contribution is -2.41. The second kappa shape index (κ2) is 9.83. The number of benzene rings is 1. The van der Waals surface area contributed by atoms with Gasteiger partial charge >= 0.3 is 5.97 Å². The van der Waals surface area contributed by atoms with Crippen LogP contribution in [-0.4, -0.2) is 46.6 Å². The Labute approximate surface area is 160 Å². The molecule has 6 nitrogen and oxygen atoms in total. The molecule has 1 aromatic carbocycles. The van der Waals surface area contributed by atoms with Gasteiger partial charge in [0, 0.05) is 25.2 Å². The first-order valence-electron chi connectivity index (χ1n) is 9.42. The molecule has 0 unspecified atom stereocenters. The van der Waals surface area contributed by atoms with Gasteiger partial charge in [0.05, 0.1) is 24.7 Å². The quantitative estimate of drug-likeness (QED) is 0.600. The number of nitrogens with zero attached hydrogens (tertiary/aromatic N) is 3. The van der Waals surface area contributed by atoms with Crippen LogP contribution in [0.5, 0.6) is 0 Å². The number of anilines is 1. The number of esters is 1. The Morgan fingerprint density at radius 1 is 1.30 bits per heavy atom. The molecule has 2 aromatic rings. The summed E-state index contributed by atoms with van der Waals surface area (Å²) in [6.45, 7) is 5.22. The van der Waals surface area contributed by atoms with E-state index in [-0.39, 0.29) is 5.97 Å². The summed E-state index contributed by atoms with van der Waals surface area (Å²) in [5.41, 5.74) is 1.97. The van der Waals surface area contributed by atoms with Crippen molar-refractivity contribution < 1.29 is 9.53 Å². The number of ether oxygens (including phenoxy) is 1. The summed E-state index contributed by atoms with van der Waals surface area (Å²) in [5, 5.41) is 3.48. The molecular weight excluding hydrogens is 340 g/mol. The normalized spacial score (nSPS) is 17.7. The van der Waals surface area contributed by atoms with Crippen LogP contribution >= 0.6 is 0 Å². The van der Waals surface area contributed by atoms with Crippen molar-refractivity contribution in [1.29, 1.82) is 0 Å². The fraction of sp³-hybridized carbons (Fsp3) is 0.381. The molecule has 0 bridgehead atoms. The molecule has 6 heteroatoms. The third kappa shape index (κ3) is 6.18. The average molecular weight is 366 g/mol. The van der Waals surface area contributed by atoms with Crippen molar-refractivity contribution in [1.82, 2.24) is 14.9 Å². The number of carbonyl (C=O) groups excluding carboxylic acids is 1. The van der Waals surface area contributed by atoms with Crippen molar-refractivity contribution in [2.75, 3.05) is 25.0 Å². The van der Waals surface area contributed by atoms with Gasteiger partial charge in [-0.1, -0.05) is 30.3 Å². The highest BCUT2D eigenvalue weighted by molar-refractivity contribution is 5.86. The van der Waals surface area contributed by atoms with Gasteiger partial charge in [0.2, 0.25) is 0 Å². The number of likely N-dealkylation sites (tertiary alicyclic amines) is 1. The van der Waals surface area contributed by atoms with E-state index in [2.05, 4.69) is 44.5 Å². The van der Waals surface area contributed by atoms with Crippen molar-refractivity contribution >= 4 is 17.9 Å². The average Bonchev–Trinajstić information content (AvgIpc) is 2.69. The topological polar surface area (TPSA) is 67.3 Å². The van der Waals surface area contributed by atoms with Gasteiger partial charge in [-0.15, -0.1) is 0 Å². The molecule has 0 spiro atoms. The van der Waals surface area contributed by atoms with Crippen LogP contribution in [-0.2, 0) is 16.1 Å². The van der Waals surface area contributed by atoms with E-state index in [4.69, 9.17) is 4.74 Å². The maximum absolute atomic E-state index is 11.3. The number of rotatable bonds is 7. The Kier molecular flexibility index (Phi) is 6.93. The minimum Gasteiger partial charge on any atom is -0.463 e. The summed E-state index contributed by atoms with van der Waals surface area (Å²) in [4.78, 5) is 22.5. The molecule has 2 heterocycles. The number of hydrogen-bond acceptors (Lipinski definition) is 6. The molecule has 142 valence electrons. The van der Waals surface area contributed by atoms with Crippen molar-refractivity contribution in [2.24, 2.45) is 0 Å². The molecule has 1 saturated heterocycles. The van der Waals surface area contributed by atoms with Crippen LogP contribution < -0.4 is 5.32 Å². The van der Waals surface area contributed by atoms with Gasteiger partial charge in [0.15, 0.2) is 0 Å². The molecule has 1 aromatic heterocycles. The van der Waals surface area contributed by atoms with Crippen molar-refractivity contribution in [2.45, 2.75) is 32.4 Å². The van der Waals surface area contributed by atoms with Gasteiger partial charge in [-0.25, -0.2) is 9.78 Å². The molecule has 0 radical (unpaired) electrons. The van der Waals surface area contributed by atoms with Gasteiger partial charge in [0.25, 0.3) is 0 Å².